The highest BCUT2D eigenvalue weighted by molar-refractivity contribution is 5.48. The molecule has 0 aromatic carbocycles. The van der Waals surface area contributed by atoms with Gasteiger partial charge in [0.05, 0.1) is 12.1 Å². The van der Waals surface area contributed by atoms with Crippen molar-refractivity contribution in [3.63, 3.8) is 0 Å². The number of aromatic nitrogens is 4. The van der Waals surface area contributed by atoms with E-state index in [1.807, 2.05) is 20.8 Å². The fourth-order valence-electron chi connectivity index (χ4n) is 2.90. The molecule has 0 N–H and O–H groups in total. The van der Waals surface area contributed by atoms with Crippen LogP contribution < -0.4 is 9.64 Å². The first-order valence-electron chi connectivity index (χ1n) is 8.87. The van der Waals surface area contributed by atoms with Gasteiger partial charge in [-0.3, -0.25) is 4.90 Å². The normalized spacial score (nSPS) is 17.1. The van der Waals surface area contributed by atoms with E-state index >= 15 is 0 Å². The summed E-state index contributed by atoms with van der Waals surface area (Å²) in [6, 6.07) is 0.114. The van der Waals surface area contributed by atoms with E-state index in [9.17, 15) is 0 Å². The molecule has 1 fully saturated rings. The van der Waals surface area contributed by atoms with Crippen LogP contribution in [0, 0.1) is 0 Å². The van der Waals surface area contributed by atoms with Crippen molar-refractivity contribution in [2.24, 2.45) is 0 Å². The van der Waals surface area contributed by atoms with E-state index in [2.05, 4.69) is 36.8 Å². The first kappa shape index (κ1) is 17.6. The zero-order valence-corrected chi connectivity index (χ0v) is 15.3. The van der Waals surface area contributed by atoms with Gasteiger partial charge in [0.2, 0.25) is 5.89 Å². The highest BCUT2D eigenvalue weighted by atomic mass is 16.5. The van der Waals surface area contributed by atoms with Crippen molar-refractivity contribution in [2.45, 2.75) is 46.3 Å². The average molecular weight is 346 g/mol. The van der Waals surface area contributed by atoms with Crippen LogP contribution >= 0.6 is 0 Å². The minimum Gasteiger partial charge on any atom is -0.472 e. The van der Waals surface area contributed by atoms with Crippen LogP contribution in [0.15, 0.2) is 16.9 Å². The van der Waals surface area contributed by atoms with Gasteiger partial charge in [-0.15, -0.1) is 0 Å². The molecule has 8 nitrogen and oxygen atoms in total. The molecule has 8 heteroatoms. The Bertz CT molecular complexity index is 681. The van der Waals surface area contributed by atoms with Crippen LogP contribution in [-0.2, 0) is 6.42 Å². The zero-order valence-electron chi connectivity index (χ0n) is 15.3. The third kappa shape index (κ3) is 4.07. The van der Waals surface area contributed by atoms with Gasteiger partial charge < -0.3 is 14.2 Å². The summed E-state index contributed by atoms with van der Waals surface area (Å²) in [7, 11) is 0. The van der Waals surface area contributed by atoms with Crippen LogP contribution in [0.25, 0.3) is 0 Å². The maximum atomic E-state index is 5.80. The summed E-state index contributed by atoms with van der Waals surface area (Å²) in [6.07, 6.45) is 4.24. The highest BCUT2D eigenvalue weighted by Crippen LogP contribution is 2.27. The van der Waals surface area contributed by atoms with Crippen LogP contribution in [0.3, 0.4) is 0 Å². The van der Waals surface area contributed by atoms with Crippen molar-refractivity contribution >= 4 is 5.82 Å². The number of ether oxygens (including phenoxy) is 1. The Labute approximate surface area is 148 Å². The van der Waals surface area contributed by atoms with Crippen LogP contribution in [-0.4, -0.2) is 57.3 Å². The molecule has 3 rings (SSSR count). The van der Waals surface area contributed by atoms with E-state index < -0.39 is 0 Å². The molecule has 1 atom stereocenters. The van der Waals surface area contributed by atoms with Gasteiger partial charge in [-0.05, 0) is 20.8 Å². The summed E-state index contributed by atoms with van der Waals surface area (Å²) >= 11 is 0. The molecule has 3 heterocycles. The largest absolute Gasteiger partial charge is 0.472 e. The van der Waals surface area contributed by atoms with Crippen molar-refractivity contribution in [1.29, 1.82) is 0 Å². The molecule has 1 aliphatic heterocycles. The molecule has 0 spiro atoms. The number of hydrogen-bond donors (Lipinski definition) is 0. The van der Waals surface area contributed by atoms with Gasteiger partial charge in [0.25, 0.3) is 5.88 Å². The maximum absolute atomic E-state index is 5.80. The van der Waals surface area contributed by atoms with Gasteiger partial charge in [-0.25, -0.2) is 9.97 Å². The van der Waals surface area contributed by atoms with Crippen LogP contribution in [0.2, 0.25) is 0 Å². The second-order valence-electron chi connectivity index (χ2n) is 6.45. The predicted molar refractivity (Wildman–Crippen MR) is 93.7 cm³/mol. The lowest BCUT2D eigenvalue weighted by Gasteiger charge is -2.37. The highest BCUT2D eigenvalue weighted by Gasteiger charge is 2.27. The second-order valence-corrected chi connectivity index (χ2v) is 6.45. The van der Waals surface area contributed by atoms with E-state index in [1.165, 1.54) is 0 Å². The second kappa shape index (κ2) is 7.77. The van der Waals surface area contributed by atoms with Crippen LogP contribution in [0.5, 0.6) is 5.88 Å². The zero-order chi connectivity index (χ0) is 17.8. The number of rotatable bonds is 6. The van der Waals surface area contributed by atoms with Crippen molar-refractivity contribution in [3.05, 3.63) is 24.1 Å². The molecule has 1 saturated heterocycles. The summed E-state index contributed by atoms with van der Waals surface area (Å²) in [4.78, 5) is 17.8. The van der Waals surface area contributed by atoms with Crippen molar-refractivity contribution in [2.75, 3.05) is 31.1 Å². The van der Waals surface area contributed by atoms with E-state index in [0.29, 0.717) is 11.8 Å². The van der Waals surface area contributed by atoms with E-state index in [1.54, 1.807) is 12.4 Å². The summed E-state index contributed by atoms with van der Waals surface area (Å²) < 4.78 is 11.2. The Balaban J connectivity index is 1.64. The molecule has 25 heavy (non-hydrogen) atoms. The monoisotopic (exact) mass is 346 g/mol. The summed E-state index contributed by atoms with van der Waals surface area (Å²) in [5.74, 6) is 2.86. The van der Waals surface area contributed by atoms with Gasteiger partial charge in [-0.1, -0.05) is 12.1 Å². The first-order chi connectivity index (χ1) is 12.1. The standard InChI is InChI=1S/C17H26N6O2/c1-5-14-20-16(25-21-14)13(4)22-8-10-23(11-9-22)15-17(24-12(2)3)19-7-6-18-15/h6-7,12-13H,5,8-11H2,1-4H3. The third-order valence-electron chi connectivity index (χ3n) is 4.31. The fraction of sp³-hybridized carbons (Fsp3) is 0.647. The van der Waals surface area contributed by atoms with Gasteiger partial charge in [-0.2, -0.15) is 4.98 Å². The smallest absolute Gasteiger partial charge is 0.257 e. The summed E-state index contributed by atoms with van der Waals surface area (Å²) in [5.41, 5.74) is 0. The Morgan fingerprint density at radius 2 is 1.84 bits per heavy atom. The van der Waals surface area contributed by atoms with Crippen molar-refractivity contribution < 1.29 is 9.26 Å². The van der Waals surface area contributed by atoms with E-state index in [0.717, 1.165) is 44.2 Å². The predicted octanol–water partition coefficient (Wildman–Crippen LogP) is 2.09. The maximum Gasteiger partial charge on any atom is 0.257 e. The van der Waals surface area contributed by atoms with E-state index in [-0.39, 0.29) is 12.1 Å². The van der Waals surface area contributed by atoms with Gasteiger partial charge >= 0.3 is 0 Å². The number of piperazine rings is 1. The summed E-state index contributed by atoms with van der Waals surface area (Å²) in [5, 5.41) is 3.99. The molecule has 2 aromatic heterocycles. The number of aryl methyl sites for hydroxylation is 1. The lowest BCUT2D eigenvalue weighted by atomic mass is 10.2. The Hall–Kier alpha value is -2.22. The van der Waals surface area contributed by atoms with Gasteiger partial charge in [0.15, 0.2) is 11.6 Å². The van der Waals surface area contributed by atoms with Crippen LogP contribution in [0.4, 0.5) is 5.82 Å². The topological polar surface area (TPSA) is 80.4 Å². The van der Waals surface area contributed by atoms with Crippen molar-refractivity contribution in [1.82, 2.24) is 25.0 Å². The summed E-state index contributed by atoms with van der Waals surface area (Å²) in [6.45, 7) is 11.6. The van der Waals surface area contributed by atoms with Crippen molar-refractivity contribution in [3.8, 4) is 5.88 Å². The molecule has 1 unspecified atom stereocenters. The molecule has 0 bridgehead atoms. The molecule has 0 radical (unpaired) electrons. The van der Waals surface area contributed by atoms with Gasteiger partial charge in [0.1, 0.15) is 0 Å². The first-order valence-corrected chi connectivity index (χ1v) is 8.87. The minimum absolute atomic E-state index is 0.0713. The molecule has 0 aliphatic carbocycles. The Kier molecular flexibility index (Phi) is 5.47. The SMILES string of the molecule is CCc1noc(C(C)N2CCN(c3nccnc3OC(C)C)CC2)n1. The Morgan fingerprint density at radius 3 is 2.48 bits per heavy atom. The quantitative estimate of drug-likeness (QED) is 0.786. The molecular weight excluding hydrogens is 320 g/mol. The molecule has 136 valence electrons. The lowest BCUT2D eigenvalue weighted by molar-refractivity contribution is 0.163. The van der Waals surface area contributed by atoms with Crippen LogP contribution in [0.1, 0.15) is 45.5 Å². The molecule has 0 saturated carbocycles. The fourth-order valence-corrected chi connectivity index (χ4v) is 2.90. The Morgan fingerprint density at radius 1 is 1.12 bits per heavy atom. The average Bonchev–Trinajstić information content (AvgIpc) is 3.10. The van der Waals surface area contributed by atoms with E-state index in [4.69, 9.17) is 9.26 Å². The third-order valence-corrected chi connectivity index (χ3v) is 4.31. The molecular formula is C17H26N6O2. The molecule has 0 amide bonds. The number of nitrogens with zero attached hydrogens (tertiary/aromatic N) is 6. The van der Waals surface area contributed by atoms with Gasteiger partial charge in [0, 0.05) is 45.0 Å². The minimum atomic E-state index is 0.0713. The lowest BCUT2D eigenvalue weighted by Crippen LogP contribution is -2.47. The number of anilines is 1. The molecule has 1 aliphatic rings. The molecule has 2 aromatic rings. The number of hydrogen-bond acceptors (Lipinski definition) is 8.